The molecule has 1 aromatic heterocycles. The summed E-state index contributed by atoms with van der Waals surface area (Å²) < 4.78 is 39.4. The van der Waals surface area contributed by atoms with Crippen LogP contribution in [0, 0.1) is 6.92 Å². The molecule has 2 aromatic carbocycles. The lowest BCUT2D eigenvalue weighted by Crippen LogP contribution is -2.19. The molecule has 0 bridgehead atoms. The minimum Gasteiger partial charge on any atom is -0.308 e. The van der Waals surface area contributed by atoms with Crippen LogP contribution in [-0.2, 0) is 6.18 Å². The van der Waals surface area contributed by atoms with E-state index in [2.05, 4.69) is 15.6 Å². The van der Waals surface area contributed by atoms with Crippen LogP contribution < -0.4 is 10.6 Å². The van der Waals surface area contributed by atoms with E-state index in [-0.39, 0.29) is 5.69 Å². The Morgan fingerprint density at radius 2 is 1.76 bits per heavy atom. The maximum atomic E-state index is 12.8. The van der Waals surface area contributed by atoms with Crippen molar-refractivity contribution < 1.29 is 18.0 Å². The molecule has 3 aromatic rings. The Morgan fingerprint density at radius 1 is 1.12 bits per heavy atom. The number of alkyl halides is 3. The number of aryl methyl sites for hydroxylation is 1. The number of aromatic nitrogens is 1. The SMILES string of the molecule is Cc1nc2ccc(NC(=O)Nc3ccc(Cl)c(C(F)(F)F)c3)cc2s1. The molecule has 2 N–H and O–H groups in total. The van der Waals surface area contributed by atoms with E-state index in [0.717, 1.165) is 27.4 Å². The molecule has 0 saturated carbocycles. The predicted molar refractivity (Wildman–Crippen MR) is 93.5 cm³/mol. The maximum absolute atomic E-state index is 12.8. The van der Waals surface area contributed by atoms with E-state index in [0.29, 0.717) is 5.69 Å². The Morgan fingerprint density at radius 3 is 2.44 bits per heavy atom. The lowest BCUT2D eigenvalue weighted by Gasteiger charge is -2.12. The number of hydrogen-bond donors (Lipinski definition) is 2. The van der Waals surface area contributed by atoms with E-state index in [1.54, 1.807) is 18.2 Å². The summed E-state index contributed by atoms with van der Waals surface area (Å²) in [6.07, 6.45) is -4.60. The van der Waals surface area contributed by atoms with Gasteiger partial charge in [0.25, 0.3) is 0 Å². The van der Waals surface area contributed by atoms with Crippen molar-refractivity contribution in [2.45, 2.75) is 13.1 Å². The number of hydrogen-bond acceptors (Lipinski definition) is 3. The van der Waals surface area contributed by atoms with Crippen molar-refractivity contribution in [3.63, 3.8) is 0 Å². The first kappa shape index (κ1) is 17.5. The van der Waals surface area contributed by atoms with Crippen LogP contribution in [0.2, 0.25) is 5.02 Å². The third kappa shape index (κ3) is 4.02. The van der Waals surface area contributed by atoms with Gasteiger partial charge in [-0.25, -0.2) is 9.78 Å². The third-order valence-corrected chi connectivity index (χ3v) is 4.55. The van der Waals surface area contributed by atoms with Crippen LogP contribution in [0.5, 0.6) is 0 Å². The van der Waals surface area contributed by atoms with Gasteiger partial charge < -0.3 is 10.6 Å². The Bertz CT molecular complexity index is 955. The number of thiazole rings is 1. The van der Waals surface area contributed by atoms with Gasteiger partial charge in [-0.15, -0.1) is 11.3 Å². The largest absolute Gasteiger partial charge is 0.417 e. The van der Waals surface area contributed by atoms with Crippen LogP contribution >= 0.6 is 22.9 Å². The van der Waals surface area contributed by atoms with Crippen molar-refractivity contribution in [2.24, 2.45) is 0 Å². The number of benzene rings is 2. The van der Waals surface area contributed by atoms with E-state index in [9.17, 15) is 18.0 Å². The number of anilines is 2. The van der Waals surface area contributed by atoms with Gasteiger partial charge in [-0.1, -0.05) is 11.6 Å². The number of amides is 2. The monoisotopic (exact) mass is 385 g/mol. The van der Waals surface area contributed by atoms with Crippen LogP contribution in [0.1, 0.15) is 10.6 Å². The van der Waals surface area contributed by atoms with Gasteiger partial charge in [-0.3, -0.25) is 0 Å². The molecule has 0 aliphatic heterocycles. The Labute approximate surface area is 149 Å². The normalized spacial score (nSPS) is 11.6. The van der Waals surface area contributed by atoms with Crippen molar-refractivity contribution in [3.8, 4) is 0 Å². The van der Waals surface area contributed by atoms with Crippen molar-refractivity contribution in [2.75, 3.05) is 10.6 Å². The quantitative estimate of drug-likeness (QED) is 0.575. The first-order valence-electron chi connectivity index (χ1n) is 7.04. The highest BCUT2D eigenvalue weighted by atomic mass is 35.5. The smallest absolute Gasteiger partial charge is 0.308 e. The number of halogens is 4. The van der Waals surface area contributed by atoms with Crippen molar-refractivity contribution >= 4 is 50.6 Å². The predicted octanol–water partition coefficient (Wildman–Crippen LogP) is 5.92. The van der Waals surface area contributed by atoms with Gasteiger partial charge in [0, 0.05) is 11.4 Å². The van der Waals surface area contributed by atoms with Crippen LogP contribution in [0.3, 0.4) is 0 Å². The minimum absolute atomic E-state index is 0.0102. The molecule has 130 valence electrons. The number of rotatable bonds is 2. The summed E-state index contributed by atoms with van der Waals surface area (Å²) in [6, 6.07) is 7.71. The second-order valence-electron chi connectivity index (χ2n) is 5.19. The van der Waals surface area contributed by atoms with E-state index in [1.165, 1.54) is 17.4 Å². The number of nitrogens with zero attached hydrogens (tertiary/aromatic N) is 1. The number of carbonyl (C=O) groups is 1. The molecule has 0 unspecified atom stereocenters. The molecule has 9 heteroatoms. The Balaban J connectivity index is 1.75. The lowest BCUT2D eigenvalue weighted by atomic mass is 10.2. The summed E-state index contributed by atoms with van der Waals surface area (Å²) in [5.41, 5.74) is 0.317. The summed E-state index contributed by atoms with van der Waals surface area (Å²) >= 11 is 7.03. The molecule has 0 aliphatic rings. The van der Waals surface area contributed by atoms with Gasteiger partial charge >= 0.3 is 12.2 Å². The second-order valence-corrected chi connectivity index (χ2v) is 6.83. The summed E-state index contributed by atoms with van der Waals surface area (Å²) in [5.74, 6) is 0. The zero-order valence-electron chi connectivity index (χ0n) is 12.7. The molecular weight excluding hydrogens is 375 g/mol. The van der Waals surface area contributed by atoms with Crippen molar-refractivity contribution in [3.05, 3.63) is 52.0 Å². The number of carbonyl (C=O) groups excluding carboxylic acids is 1. The number of nitrogens with one attached hydrogen (secondary N) is 2. The van der Waals surface area contributed by atoms with Gasteiger partial charge in [-0.05, 0) is 43.3 Å². The molecule has 3 rings (SSSR count). The molecule has 2 amide bonds. The number of fused-ring (bicyclic) bond motifs is 1. The van der Waals surface area contributed by atoms with Crippen molar-refractivity contribution in [1.29, 1.82) is 0 Å². The molecule has 0 spiro atoms. The summed E-state index contributed by atoms with van der Waals surface area (Å²) in [4.78, 5) is 16.3. The highest BCUT2D eigenvalue weighted by molar-refractivity contribution is 7.18. The van der Waals surface area contributed by atoms with Gasteiger partial charge in [-0.2, -0.15) is 13.2 Å². The van der Waals surface area contributed by atoms with E-state index >= 15 is 0 Å². The average molecular weight is 386 g/mol. The summed E-state index contributed by atoms with van der Waals surface area (Å²) in [7, 11) is 0. The molecule has 4 nitrogen and oxygen atoms in total. The van der Waals surface area contributed by atoms with Gasteiger partial charge in [0.15, 0.2) is 0 Å². The zero-order chi connectivity index (χ0) is 18.2. The first-order chi connectivity index (χ1) is 11.7. The highest BCUT2D eigenvalue weighted by Crippen LogP contribution is 2.36. The molecule has 0 fully saturated rings. The van der Waals surface area contributed by atoms with Crippen LogP contribution in [0.25, 0.3) is 10.2 Å². The first-order valence-corrected chi connectivity index (χ1v) is 8.24. The molecule has 0 radical (unpaired) electrons. The zero-order valence-corrected chi connectivity index (χ0v) is 14.3. The average Bonchev–Trinajstić information content (AvgIpc) is 2.87. The minimum atomic E-state index is -4.60. The second kappa shape index (κ2) is 6.53. The fourth-order valence-electron chi connectivity index (χ4n) is 2.23. The fraction of sp³-hybridized carbons (Fsp3) is 0.125. The maximum Gasteiger partial charge on any atom is 0.417 e. The topological polar surface area (TPSA) is 54.0 Å². The fourth-order valence-corrected chi connectivity index (χ4v) is 3.32. The van der Waals surface area contributed by atoms with Crippen LogP contribution in [-0.4, -0.2) is 11.0 Å². The third-order valence-electron chi connectivity index (χ3n) is 3.28. The van der Waals surface area contributed by atoms with Crippen LogP contribution in [0.15, 0.2) is 36.4 Å². The standard InChI is InChI=1S/C16H11ClF3N3OS/c1-8-21-13-5-3-10(7-14(13)25-8)23-15(24)22-9-2-4-12(17)11(6-9)16(18,19)20/h2-7H,1H3,(H2,22,23,24). The van der Waals surface area contributed by atoms with Crippen molar-refractivity contribution in [1.82, 2.24) is 4.98 Å². The molecule has 1 heterocycles. The highest BCUT2D eigenvalue weighted by Gasteiger charge is 2.33. The summed E-state index contributed by atoms with van der Waals surface area (Å²) in [5, 5.41) is 5.42. The van der Waals surface area contributed by atoms with E-state index in [1.807, 2.05) is 6.92 Å². The molecule has 0 atom stereocenters. The Hall–Kier alpha value is -2.32. The summed E-state index contributed by atoms with van der Waals surface area (Å²) in [6.45, 7) is 1.88. The van der Waals surface area contributed by atoms with Gasteiger partial charge in [0.2, 0.25) is 0 Å². The number of urea groups is 1. The van der Waals surface area contributed by atoms with Gasteiger partial charge in [0.05, 0.1) is 25.8 Å². The molecular formula is C16H11ClF3N3OS. The van der Waals surface area contributed by atoms with E-state index < -0.39 is 22.8 Å². The molecule has 0 saturated heterocycles. The lowest BCUT2D eigenvalue weighted by molar-refractivity contribution is -0.137. The van der Waals surface area contributed by atoms with E-state index in [4.69, 9.17) is 11.6 Å². The molecule has 25 heavy (non-hydrogen) atoms. The Kier molecular flexibility index (Phi) is 4.57. The molecule has 0 aliphatic carbocycles. The van der Waals surface area contributed by atoms with Gasteiger partial charge in [0.1, 0.15) is 0 Å². The van der Waals surface area contributed by atoms with Crippen LogP contribution in [0.4, 0.5) is 29.3 Å².